The van der Waals surface area contributed by atoms with E-state index in [4.69, 9.17) is 13.8 Å². The largest absolute Gasteiger partial charge is 0.479 e. The Labute approximate surface area is 273 Å². The van der Waals surface area contributed by atoms with Gasteiger partial charge >= 0.3 is 6.18 Å². The molecule has 0 fully saturated rings. The third-order valence-electron chi connectivity index (χ3n) is 7.50. The fourth-order valence-corrected chi connectivity index (χ4v) is 5.16. The second kappa shape index (κ2) is 13.9. The second-order valence-corrected chi connectivity index (χ2v) is 13.0. The third kappa shape index (κ3) is 8.55. The molecule has 47 heavy (non-hydrogen) atoms. The summed E-state index contributed by atoms with van der Waals surface area (Å²) in [7, 11) is 0. The van der Waals surface area contributed by atoms with Crippen LogP contribution in [0.4, 0.5) is 13.2 Å². The average Bonchev–Trinajstić information content (AvgIpc) is 3.53. The zero-order valence-electron chi connectivity index (χ0n) is 25.9. The second-order valence-electron chi connectivity index (χ2n) is 11.9. The first-order chi connectivity index (χ1) is 22.3. The van der Waals surface area contributed by atoms with Crippen molar-refractivity contribution in [3.05, 3.63) is 131 Å². The lowest BCUT2D eigenvalue weighted by atomic mass is 9.86. The predicted molar refractivity (Wildman–Crippen MR) is 174 cm³/mol. The molecule has 4 aromatic carbocycles. The van der Waals surface area contributed by atoms with E-state index in [1.807, 2.05) is 42.5 Å². The zero-order valence-corrected chi connectivity index (χ0v) is 26.7. The number of benzene rings is 4. The quantitative estimate of drug-likeness (QED) is 0.146. The molecule has 0 aliphatic rings. The van der Waals surface area contributed by atoms with Gasteiger partial charge in [-0.2, -0.15) is 13.2 Å². The molecule has 0 aliphatic carbocycles. The van der Waals surface area contributed by atoms with Crippen LogP contribution in [0.5, 0.6) is 5.75 Å². The van der Waals surface area contributed by atoms with Gasteiger partial charge in [0, 0.05) is 23.7 Å². The number of carbonyl (C=O) groups excluding carboxylic acids is 1. The molecular weight excluding hydrogens is 629 g/mol. The van der Waals surface area contributed by atoms with E-state index >= 15 is 0 Å². The highest BCUT2D eigenvalue weighted by atomic mass is 32.2. The van der Waals surface area contributed by atoms with Crippen molar-refractivity contribution in [2.24, 2.45) is 0 Å². The number of rotatable bonds is 10. The fraction of sp³-hybridized carbons (Fsp3) is 0.222. The Hall–Kier alpha value is -4.74. The number of nitrogens with zero attached hydrogens (tertiary/aromatic N) is 1. The highest BCUT2D eigenvalue weighted by molar-refractivity contribution is 7.79. The Balaban J connectivity index is 1.42. The maximum absolute atomic E-state index is 13.1. The summed E-state index contributed by atoms with van der Waals surface area (Å²) in [6.07, 6.45) is -5.10. The number of ether oxygens (including phenoxy) is 1. The highest BCUT2D eigenvalue weighted by Gasteiger charge is 2.30. The van der Waals surface area contributed by atoms with Crippen molar-refractivity contribution in [2.75, 3.05) is 12.3 Å². The summed E-state index contributed by atoms with van der Waals surface area (Å²) in [5, 5.41) is 6.94. The lowest BCUT2D eigenvalue weighted by Crippen LogP contribution is -2.27. The van der Waals surface area contributed by atoms with Crippen molar-refractivity contribution in [3.63, 3.8) is 0 Å². The van der Waals surface area contributed by atoms with Crippen molar-refractivity contribution in [3.8, 4) is 28.2 Å². The first kappa shape index (κ1) is 33.6. The minimum atomic E-state index is -4.41. The van der Waals surface area contributed by atoms with Crippen LogP contribution in [-0.4, -0.2) is 32.1 Å². The molecule has 0 saturated carbocycles. The summed E-state index contributed by atoms with van der Waals surface area (Å²) in [6, 6.07) is 28.5. The third-order valence-corrected chi connectivity index (χ3v) is 8.06. The van der Waals surface area contributed by atoms with Gasteiger partial charge in [0.05, 0.1) is 11.3 Å². The number of carbonyl (C=O) groups is 1. The molecule has 0 bridgehead atoms. The van der Waals surface area contributed by atoms with Crippen LogP contribution in [0.2, 0.25) is 0 Å². The summed E-state index contributed by atoms with van der Waals surface area (Å²) in [5.41, 5.74) is 4.06. The summed E-state index contributed by atoms with van der Waals surface area (Å²) in [6.45, 7) is 6.44. The Kier molecular flexibility index (Phi) is 9.97. The van der Waals surface area contributed by atoms with Gasteiger partial charge in [-0.05, 0) is 70.1 Å². The highest BCUT2D eigenvalue weighted by Crippen LogP contribution is 2.35. The molecule has 5 aromatic rings. The van der Waals surface area contributed by atoms with E-state index in [0.717, 1.165) is 23.3 Å². The van der Waals surface area contributed by atoms with Crippen LogP contribution in [-0.2, 0) is 22.7 Å². The molecule has 244 valence electrons. The lowest BCUT2D eigenvalue weighted by molar-refractivity contribution is -0.137. The SMILES string of the molecule is CC(C)(C)c1ccc(C(Oc2ccc(C(=O)NCCS(=O)O)cc2)c2cc(-c3cccc(-c4ccc(C(F)(F)F)cc4)c3)on2)cc1. The lowest BCUT2D eigenvalue weighted by Gasteiger charge is -2.21. The van der Waals surface area contributed by atoms with Crippen LogP contribution in [0.3, 0.4) is 0 Å². The molecule has 0 radical (unpaired) electrons. The van der Waals surface area contributed by atoms with Crippen LogP contribution < -0.4 is 10.1 Å². The van der Waals surface area contributed by atoms with Crippen LogP contribution in [0.1, 0.15) is 59.6 Å². The standard InChI is InChI=1S/C36H33F3N2O5S/c1-35(2,3)28-13-9-24(10-14-28)33(45-30-17-11-25(12-18-30)34(42)40-19-20-47(43)44)31-22-32(46-41-31)27-6-4-5-26(21-27)23-7-15-29(16-8-23)36(37,38)39/h4-18,21-22,33H,19-20H2,1-3H3,(H,40,42)(H,43,44). The van der Waals surface area contributed by atoms with Crippen molar-refractivity contribution in [2.45, 2.75) is 38.5 Å². The Morgan fingerprint density at radius 2 is 1.51 bits per heavy atom. The van der Waals surface area contributed by atoms with Gasteiger partial charge in [-0.25, -0.2) is 4.21 Å². The molecule has 0 aliphatic heterocycles. The number of amides is 1. The van der Waals surface area contributed by atoms with Crippen LogP contribution in [0, 0.1) is 0 Å². The van der Waals surface area contributed by atoms with Gasteiger partial charge in [0.15, 0.2) is 22.9 Å². The summed E-state index contributed by atoms with van der Waals surface area (Å²) < 4.78 is 71.1. The molecule has 7 nitrogen and oxygen atoms in total. The number of nitrogens with one attached hydrogen (secondary N) is 1. The summed E-state index contributed by atoms with van der Waals surface area (Å²) in [4.78, 5) is 12.4. The molecule has 5 rings (SSSR count). The van der Waals surface area contributed by atoms with Crippen LogP contribution >= 0.6 is 0 Å². The number of hydrogen-bond donors (Lipinski definition) is 2. The van der Waals surface area contributed by atoms with Crippen LogP contribution in [0.15, 0.2) is 108 Å². The summed E-state index contributed by atoms with van der Waals surface area (Å²) >= 11 is -2.00. The van der Waals surface area contributed by atoms with E-state index in [9.17, 15) is 22.2 Å². The van der Waals surface area contributed by atoms with Gasteiger partial charge in [-0.3, -0.25) is 4.79 Å². The molecular formula is C36H33F3N2O5S. The van der Waals surface area contributed by atoms with Crippen LogP contribution in [0.25, 0.3) is 22.5 Å². The molecule has 2 unspecified atom stereocenters. The van der Waals surface area contributed by atoms with Gasteiger partial charge in [0.1, 0.15) is 11.4 Å². The van der Waals surface area contributed by atoms with E-state index in [2.05, 4.69) is 31.2 Å². The van der Waals surface area contributed by atoms with Crippen molar-refractivity contribution in [1.29, 1.82) is 0 Å². The average molecular weight is 663 g/mol. The van der Waals surface area contributed by atoms with E-state index in [1.54, 1.807) is 36.4 Å². The minimum absolute atomic E-state index is 0.0589. The monoisotopic (exact) mass is 662 g/mol. The van der Waals surface area contributed by atoms with Gasteiger partial charge in [0.25, 0.3) is 5.91 Å². The normalized spacial score (nSPS) is 13.2. The maximum atomic E-state index is 13.1. The first-order valence-electron chi connectivity index (χ1n) is 14.8. The van der Waals surface area contributed by atoms with Crippen molar-refractivity contribution < 1.29 is 36.0 Å². The Morgan fingerprint density at radius 1 is 0.872 bits per heavy atom. The zero-order chi connectivity index (χ0) is 33.8. The predicted octanol–water partition coefficient (Wildman–Crippen LogP) is 8.44. The Morgan fingerprint density at radius 3 is 2.13 bits per heavy atom. The van der Waals surface area contributed by atoms with Gasteiger partial charge < -0.3 is 19.1 Å². The maximum Gasteiger partial charge on any atom is 0.416 e. The molecule has 11 heteroatoms. The summed E-state index contributed by atoms with van der Waals surface area (Å²) in [5.74, 6) is 0.471. The van der Waals surface area contributed by atoms with E-state index in [-0.39, 0.29) is 23.6 Å². The van der Waals surface area contributed by atoms with Gasteiger partial charge in [-0.15, -0.1) is 0 Å². The number of aromatic nitrogens is 1. The van der Waals surface area contributed by atoms with E-state index < -0.39 is 28.9 Å². The topological polar surface area (TPSA) is 102 Å². The smallest absolute Gasteiger partial charge is 0.416 e. The molecule has 0 saturated heterocycles. The molecule has 1 heterocycles. The molecule has 2 N–H and O–H groups in total. The van der Waals surface area contributed by atoms with E-state index in [0.29, 0.717) is 39.5 Å². The van der Waals surface area contributed by atoms with E-state index in [1.165, 1.54) is 12.1 Å². The molecule has 0 spiro atoms. The molecule has 1 amide bonds. The minimum Gasteiger partial charge on any atom is -0.479 e. The molecule has 2 atom stereocenters. The first-order valence-corrected chi connectivity index (χ1v) is 16.0. The van der Waals surface area contributed by atoms with Gasteiger partial charge in [0.2, 0.25) is 0 Å². The molecule has 1 aromatic heterocycles. The van der Waals surface area contributed by atoms with Crippen molar-refractivity contribution >= 4 is 17.0 Å². The van der Waals surface area contributed by atoms with Gasteiger partial charge in [-0.1, -0.05) is 80.5 Å². The number of hydrogen-bond acceptors (Lipinski definition) is 5. The Bertz CT molecular complexity index is 1850. The number of alkyl halides is 3. The fourth-order valence-electron chi connectivity index (χ4n) is 4.88. The number of halogens is 3. The van der Waals surface area contributed by atoms with Crippen molar-refractivity contribution in [1.82, 2.24) is 10.5 Å².